The third-order valence-corrected chi connectivity index (χ3v) is 15.5. The van der Waals surface area contributed by atoms with Crippen molar-refractivity contribution in [3.05, 3.63) is 230 Å². The standard InChI is InChI=1S/C63H42N2OS/c1-63(2)53-24-8-3-19-45(53)46-31-29-40(37-54(46)63)39-15-13-17-42(35-39)64(44-30-34-60-52(38-44)50-23-7-12-28-59(50)67-60)57-33-32-51-49-22-6-11-27-58(49)66-62(51)61(57)41-16-14-18-43(36-41)65-55-25-9-4-20-47(55)48-21-5-10-26-56(48)65/h3-38H,1-2H3. The summed E-state index contributed by atoms with van der Waals surface area (Å²) < 4.78 is 12.0. The Bertz CT molecular complexity index is 4110. The number of hydrogen-bond acceptors (Lipinski definition) is 3. The summed E-state index contributed by atoms with van der Waals surface area (Å²) in [6.07, 6.45) is 0. The Kier molecular flexibility index (Phi) is 8.20. The first kappa shape index (κ1) is 38.1. The van der Waals surface area contributed by atoms with Crippen LogP contribution in [0.4, 0.5) is 17.1 Å². The van der Waals surface area contributed by atoms with E-state index in [2.05, 4.69) is 242 Å². The van der Waals surface area contributed by atoms with Crippen LogP contribution in [-0.4, -0.2) is 4.57 Å². The quantitative estimate of drug-likeness (QED) is 0.166. The fourth-order valence-electron chi connectivity index (χ4n) is 11.2. The molecule has 10 aromatic carbocycles. The molecule has 14 rings (SSSR count). The van der Waals surface area contributed by atoms with Crippen LogP contribution >= 0.6 is 11.3 Å². The molecule has 0 unspecified atom stereocenters. The molecule has 67 heavy (non-hydrogen) atoms. The molecule has 0 amide bonds. The zero-order chi connectivity index (χ0) is 44.4. The number of fused-ring (bicyclic) bond motifs is 12. The number of aromatic nitrogens is 1. The van der Waals surface area contributed by atoms with Crippen molar-refractivity contribution >= 4 is 92.3 Å². The van der Waals surface area contributed by atoms with Gasteiger partial charge in [0, 0.05) is 69.8 Å². The van der Waals surface area contributed by atoms with E-state index in [1.165, 1.54) is 75.4 Å². The van der Waals surface area contributed by atoms with Crippen LogP contribution in [-0.2, 0) is 5.41 Å². The van der Waals surface area contributed by atoms with Gasteiger partial charge in [-0.2, -0.15) is 0 Å². The predicted molar refractivity (Wildman–Crippen MR) is 284 cm³/mol. The molecular weight excluding hydrogens is 833 g/mol. The van der Waals surface area contributed by atoms with E-state index < -0.39 is 0 Å². The number of benzene rings is 10. The van der Waals surface area contributed by atoms with E-state index in [-0.39, 0.29) is 5.41 Å². The summed E-state index contributed by atoms with van der Waals surface area (Å²) in [7, 11) is 0. The van der Waals surface area contributed by atoms with Gasteiger partial charge < -0.3 is 13.9 Å². The molecule has 3 nitrogen and oxygen atoms in total. The first-order valence-corrected chi connectivity index (χ1v) is 23.9. The van der Waals surface area contributed by atoms with Crippen molar-refractivity contribution in [3.8, 4) is 39.1 Å². The maximum absolute atomic E-state index is 7.04. The van der Waals surface area contributed by atoms with Gasteiger partial charge in [-0.15, -0.1) is 11.3 Å². The van der Waals surface area contributed by atoms with Crippen molar-refractivity contribution in [2.75, 3.05) is 4.90 Å². The maximum Gasteiger partial charge on any atom is 0.145 e. The van der Waals surface area contributed by atoms with Crippen LogP contribution in [0.1, 0.15) is 25.0 Å². The molecule has 1 aliphatic carbocycles. The van der Waals surface area contributed by atoms with Gasteiger partial charge in [-0.3, -0.25) is 0 Å². The minimum Gasteiger partial charge on any atom is -0.455 e. The molecule has 0 spiro atoms. The SMILES string of the molecule is CC1(C)c2ccccc2-c2ccc(-c3cccc(N(c4ccc5sc6ccccc6c5c4)c4ccc5c(oc6ccccc65)c4-c4cccc(-n5c6ccccc6c6ccccc65)c4)c3)cc21. The van der Waals surface area contributed by atoms with Crippen LogP contribution in [0.25, 0.3) is 103 Å². The summed E-state index contributed by atoms with van der Waals surface area (Å²) in [6.45, 7) is 4.71. The molecule has 0 aliphatic heterocycles. The molecular formula is C63H42N2OS. The largest absolute Gasteiger partial charge is 0.455 e. The molecule has 316 valence electrons. The van der Waals surface area contributed by atoms with Gasteiger partial charge in [0.05, 0.1) is 16.7 Å². The maximum atomic E-state index is 7.04. The van der Waals surface area contributed by atoms with E-state index in [4.69, 9.17) is 4.42 Å². The third kappa shape index (κ3) is 5.70. The first-order chi connectivity index (χ1) is 33.0. The number of para-hydroxylation sites is 3. The van der Waals surface area contributed by atoms with Crippen molar-refractivity contribution < 1.29 is 4.42 Å². The second-order valence-electron chi connectivity index (χ2n) is 18.5. The average Bonchev–Trinajstić information content (AvgIpc) is 4.11. The van der Waals surface area contributed by atoms with Crippen molar-refractivity contribution in [2.45, 2.75) is 19.3 Å². The third-order valence-electron chi connectivity index (χ3n) is 14.4. The second kappa shape index (κ2) is 14.4. The molecule has 4 heteroatoms. The normalized spacial score (nSPS) is 13.0. The average molecular weight is 875 g/mol. The summed E-state index contributed by atoms with van der Waals surface area (Å²) in [5.41, 5.74) is 18.1. The van der Waals surface area contributed by atoms with E-state index in [9.17, 15) is 0 Å². The predicted octanol–water partition coefficient (Wildman–Crippen LogP) is 18.2. The molecule has 0 N–H and O–H groups in total. The van der Waals surface area contributed by atoms with Crippen LogP contribution in [0, 0.1) is 0 Å². The zero-order valence-electron chi connectivity index (χ0n) is 37.0. The van der Waals surface area contributed by atoms with Gasteiger partial charge in [0.25, 0.3) is 0 Å². The molecule has 0 saturated heterocycles. The summed E-state index contributed by atoms with van der Waals surface area (Å²) in [5.74, 6) is 0. The summed E-state index contributed by atoms with van der Waals surface area (Å²) in [4.78, 5) is 2.46. The van der Waals surface area contributed by atoms with E-state index in [0.717, 1.165) is 55.8 Å². The molecule has 0 radical (unpaired) electrons. The van der Waals surface area contributed by atoms with E-state index >= 15 is 0 Å². The summed E-state index contributed by atoms with van der Waals surface area (Å²) >= 11 is 1.85. The highest BCUT2D eigenvalue weighted by molar-refractivity contribution is 7.25. The van der Waals surface area contributed by atoms with Crippen LogP contribution < -0.4 is 4.90 Å². The lowest BCUT2D eigenvalue weighted by molar-refractivity contribution is 0.660. The molecule has 13 aromatic rings. The smallest absolute Gasteiger partial charge is 0.145 e. The lowest BCUT2D eigenvalue weighted by atomic mass is 9.81. The van der Waals surface area contributed by atoms with E-state index in [1.807, 2.05) is 11.3 Å². The first-order valence-electron chi connectivity index (χ1n) is 23.1. The van der Waals surface area contributed by atoms with Crippen LogP contribution in [0.15, 0.2) is 223 Å². The van der Waals surface area contributed by atoms with Gasteiger partial charge in [0.1, 0.15) is 11.2 Å². The number of rotatable bonds is 6. The lowest BCUT2D eigenvalue weighted by Gasteiger charge is -2.29. The van der Waals surface area contributed by atoms with Gasteiger partial charge in [-0.25, -0.2) is 0 Å². The summed E-state index contributed by atoms with van der Waals surface area (Å²) in [6, 6.07) is 80.2. The highest BCUT2D eigenvalue weighted by Crippen LogP contribution is 2.51. The van der Waals surface area contributed by atoms with Crippen molar-refractivity contribution in [2.24, 2.45) is 0 Å². The Labute approximate surface area is 392 Å². The molecule has 1 aliphatic rings. The monoisotopic (exact) mass is 874 g/mol. The molecule has 0 fully saturated rings. The van der Waals surface area contributed by atoms with Gasteiger partial charge in [0.2, 0.25) is 0 Å². The van der Waals surface area contributed by atoms with Gasteiger partial charge >= 0.3 is 0 Å². The van der Waals surface area contributed by atoms with Crippen LogP contribution in [0.3, 0.4) is 0 Å². The number of anilines is 3. The number of thiophene rings is 1. The molecule has 3 aromatic heterocycles. The highest BCUT2D eigenvalue weighted by Gasteiger charge is 2.35. The van der Waals surface area contributed by atoms with E-state index in [0.29, 0.717) is 0 Å². The minimum absolute atomic E-state index is 0.102. The van der Waals surface area contributed by atoms with Gasteiger partial charge in [-0.1, -0.05) is 147 Å². The Morgan fingerprint density at radius 3 is 1.94 bits per heavy atom. The van der Waals surface area contributed by atoms with Crippen molar-refractivity contribution in [1.29, 1.82) is 0 Å². The Morgan fingerprint density at radius 2 is 1.09 bits per heavy atom. The number of furan rings is 1. The van der Waals surface area contributed by atoms with Crippen LogP contribution in [0.2, 0.25) is 0 Å². The topological polar surface area (TPSA) is 21.3 Å². The lowest BCUT2D eigenvalue weighted by Crippen LogP contribution is -2.14. The fourth-order valence-corrected chi connectivity index (χ4v) is 12.3. The van der Waals surface area contributed by atoms with Crippen molar-refractivity contribution in [1.82, 2.24) is 4.57 Å². The molecule has 0 saturated carbocycles. The molecule has 0 atom stereocenters. The Morgan fingerprint density at radius 1 is 0.433 bits per heavy atom. The number of nitrogens with zero attached hydrogens (tertiary/aromatic N) is 2. The second-order valence-corrected chi connectivity index (χ2v) is 19.5. The van der Waals surface area contributed by atoms with Gasteiger partial charge in [-0.05, 0) is 124 Å². The van der Waals surface area contributed by atoms with Crippen LogP contribution in [0.5, 0.6) is 0 Å². The number of hydrogen-bond donors (Lipinski definition) is 0. The molecule has 3 heterocycles. The Hall–Kier alpha value is -8.18. The summed E-state index contributed by atoms with van der Waals surface area (Å²) in [5, 5.41) is 7.19. The highest BCUT2D eigenvalue weighted by atomic mass is 32.1. The zero-order valence-corrected chi connectivity index (χ0v) is 37.8. The van der Waals surface area contributed by atoms with Gasteiger partial charge in [0.15, 0.2) is 0 Å². The fraction of sp³-hybridized carbons (Fsp3) is 0.0476. The van der Waals surface area contributed by atoms with E-state index in [1.54, 1.807) is 0 Å². The molecule has 0 bridgehead atoms. The Balaban J connectivity index is 1.02. The van der Waals surface area contributed by atoms with Crippen molar-refractivity contribution in [3.63, 3.8) is 0 Å². The minimum atomic E-state index is -0.102.